The fourth-order valence-electron chi connectivity index (χ4n) is 3.06. The second-order valence-corrected chi connectivity index (χ2v) is 6.37. The van der Waals surface area contributed by atoms with Crippen molar-refractivity contribution < 1.29 is 0 Å². The Morgan fingerprint density at radius 1 is 0.929 bits per heavy atom. The maximum absolute atomic E-state index is 9.66. The molecule has 0 atom stereocenters. The van der Waals surface area contributed by atoms with Crippen molar-refractivity contribution in [1.29, 1.82) is 5.26 Å². The predicted octanol–water partition coefficient (Wildman–Crippen LogP) is 5.06. The molecule has 0 amide bonds. The van der Waals surface area contributed by atoms with Crippen molar-refractivity contribution in [2.24, 2.45) is 0 Å². The van der Waals surface area contributed by atoms with Gasteiger partial charge in [-0.05, 0) is 23.8 Å². The second kappa shape index (κ2) is 8.15. The molecular weight excluding hydrogens is 344 g/mol. The highest BCUT2D eigenvalue weighted by atomic mass is 15.3. The van der Waals surface area contributed by atoms with Gasteiger partial charge < -0.3 is 0 Å². The van der Waals surface area contributed by atoms with Crippen molar-refractivity contribution in [2.75, 3.05) is 0 Å². The summed E-state index contributed by atoms with van der Waals surface area (Å²) in [4.78, 5) is 4.31. The Labute approximate surface area is 164 Å². The van der Waals surface area contributed by atoms with Gasteiger partial charge in [0.1, 0.15) is 6.07 Å². The third-order valence-corrected chi connectivity index (χ3v) is 4.39. The van der Waals surface area contributed by atoms with E-state index >= 15 is 0 Å². The van der Waals surface area contributed by atoms with Crippen LogP contribution in [0.4, 0.5) is 0 Å². The third-order valence-electron chi connectivity index (χ3n) is 4.39. The van der Waals surface area contributed by atoms with Crippen LogP contribution in [0.5, 0.6) is 0 Å². The Morgan fingerprint density at radius 3 is 2.32 bits per heavy atom. The highest BCUT2D eigenvalue weighted by Crippen LogP contribution is 2.26. The molecule has 2 aromatic carbocycles. The fourth-order valence-corrected chi connectivity index (χ4v) is 3.06. The van der Waals surface area contributed by atoms with Gasteiger partial charge in [-0.3, -0.25) is 9.67 Å². The lowest BCUT2D eigenvalue weighted by Gasteiger charge is -2.01. The van der Waals surface area contributed by atoms with Crippen LogP contribution in [0.3, 0.4) is 0 Å². The summed E-state index contributed by atoms with van der Waals surface area (Å²) >= 11 is 0. The maximum Gasteiger partial charge on any atom is 0.101 e. The van der Waals surface area contributed by atoms with Crippen molar-refractivity contribution in [2.45, 2.75) is 6.54 Å². The average molecular weight is 362 g/mol. The molecule has 0 aliphatic rings. The summed E-state index contributed by atoms with van der Waals surface area (Å²) in [5, 5.41) is 14.5. The van der Waals surface area contributed by atoms with Crippen LogP contribution in [0, 0.1) is 11.3 Å². The van der Waals surface area contributed by atoms with Gasteiger partial charge in [-0.2, -0.15) is 10.4 Å². The standard InChI is InChI=1S/C24H18N4/c25-16-21(23-13-7-8-14-26-23)15-22-18-28(17-19-9-3-1-4-10-19)27-24(22)20-11-5-2-6-12-20/h1-15,18H,17H2/b21-15-. The highest BCUT2D eigenvalue weighted by Gasteiger charge is 2.12. The van der Waals surface area contributed by atoms with Crippen molar-refractivity contribution in [3.8, 4) is 17.3 Å². The number of aromatic nitrogens is 3. The Balaban J connectivity index is 1.78. The summed E-state index contributed by atoms with van der Waals surface area (Å²) in [6.07, 6.45) is 5.53. The van der Waals surface area contributed by atoms with Crippen molar-refractivity contribution in [3.05, 3.63) is 108 Å². The van der Waals surface area contributed by atoms with Crippen molar-refractivity contribution in [3.63, 3.8) is 0 Å². The van der Waals surface area contributed by atoms with E-state index in [9.17, 15) is 5.26 Å². The normalized spacial score (nSPS) is 11.2. The lowest BCUT2D eigenvalue weighted by Crippen LogP contribution is -1.99. The first-order valence-corrected chi connectivity index (χ1v) is 9.03. The molecular formula is C24H18N4. The minimum absolute atomic E-state index is 0.511. The number of hydrogen-bond acceptors (Lipinski definition) is 3. The van der Waals surface area contributed by atoms with Crippen LogP contribution in [0.2, 0.25) is 0 Å². The molecule has 134 valence electrons. The number of rotatable bonds is 5. The molecule has 0 saturated carbocycles. The molecule has 0 N–H and O–H groups in total. The van der Waals surface area contributed by atoms with Gasteiger partial charge in [-0.25, -0.2) is 0 Å². The molecule has 0 unspecified atom stereocenters. The van der Waals surface area contributed by atoms with E-state index in [0.717, 1.165) is 16.8 Å². The Morgan fingerprint density at radius 2 is 1.64 bits per heavy atom. The zero-order chi connectivity index (χ0) is 19.2. The fraction of sp³-hybridized carbons (Fsp3) is 0.0417. The highest BCUT2D eigenvalue weighted by molar-refractivity contribution is 5.91. The van der Waals surface area contributed by atoms with Gasteiger partial charge in [0.05, 0.1) is 23.5 Å². The first kappa shape index (κ1) is 17.4. The van der Waals surface area contributed by atoms with Crippen LogP contribution in [0.25, 0.3) is 22.9 Å². The first-order chi connectivity index (χ1) is 13.8. The zero-order valence-electron chi connectivity index (χ0n) is 15.2. The monoisotopic (exact) mass is 362 g/mol. The van der Waals surface area contributed by atoms with E-state index in [1.54, 1.807) is 6.20 Å². The average Bonchev–Trinajstić information content (AvgIpc) is 3.16. The molecule has 0 aliphatic carbocycles. The number of allylic oxidation sites excluding steroid dienone is 1. The molecule has 4 nitrogen and oxygen atoms in total. The Hall–Kier alpha value is -3.97. The second-order valence-electron chi connectivity index (χ2n) is 6.37. The summed E-state index contributed by atoms with van der Waals surface area (Å²) in [6.45, 7) is 0.667. The van der Waals surface area contributed by atoms with Crippen LogP contribution in [-0.4, -0.2) is 14.8 Å². The first-order valence-electron chi connectivity index (χ1n) is 9.03. The number of pyridine rings is 1. The number of nitrogens with zero attached hydrogens (tertiary/aromatic N) is 4. The molecule has 0 radical (unpaired) electrons. The van der Waals surface area contributed by atoms with E-state index < -0.39 is 0 Å². The predicted molar refractivity (Wildman–Crippen MR) is 111 cm³/mol. The SMILES string of the molecule is N#C/C(=C/c1cn(Cc2ccccc2)nc1-c1ccccc1)c1ccccn1. The zero-order valence-corrected chi connectivity index (χ0v) is 15.2. The van der Waals surface area contributed by atoms with E-state index in [1.165, 1.54) is 5.56 Å². The van der Waals surface area contributed by atoms with Crippen molar-refractivity contribution >= 4 is 11.6 Å². The van der Waals surface area contributed by atoms with Crippen LogP contribution < -0.4 is 0 Å². The van der Waals surface area contributed by atoms with Crippen LogP contribution in [0.15, 0.2) is 91.3 Å². The topological polar surface area (TPSA) is 54.5 Å². The van der Waals surface area contributed by atoms with Gasteiger partial charge in [-0.1, -0.05) is 66.7 Å². The Bertz CT molecular complexity index is 1120. The molecule has 0 aliphatic heterocycles. The molecule has 4 rings (SSSR count). The largest absolute Gasteiger partial charge is 0.267 e. The van der Waals surface area contributed by atoms with Gasteiger partial charge in [0.2, 0.25) is 0 Å². The number of nitriles is 1. The quantitative estimate of drug-likeness (QED) is 0.466. The summed E-state index contributed by atoms with van der Waals surface area (Å²) in [5.74, 6) is 0. The molecule has 2 aromatic heterocycles. The molecule has 4 heteroatoms. The minimum Gasteiger partial charge on any atom is -0.267 e. The van der Waals surface area contributed by atoms with Gasteiger partial charge in [0.15, 0.2) is 0 Å². The molecule has 4 aromatic rings. The van der Waals surface area contributed by atoms with Gasteiger partial charge in [-0.15, -0.1) is 0 Å². The lowest BCUT2D eigenvalue weighted by atomic mass is 10.0. The van der Waals surface area contributed by atoms with Gasteiger partial charge in [0, 0.05) is 23.5 Å². The summed E-state index contributed by atoms with van der Waals surface area (Å²) in [7, 11) is 0. The van der Waals surface area contributed by atoms with E-state index in [4.69, 9.17) is 5.10 Å². The minimum atomic E-state index is 0.511. The molecule has 2 heterocycles. The van der Waals surface area contributed by atoms with Gasteiger partial charge in [0.25, 0.3) is 0 Å². The molecule has 0 fully saturated rings. The number of hydrogen-bond donors (Lipinski definition) is 0. The van der Waals surface area contributed by atoms with E-state index in [-0.39, 0.29) is 0 Å². The van der Waals surface area contributed by atoms with E-state index in [0.29, 0.717) is 17.8 Å². The van der Waals surface area contributed by atoms with Crippen LogP contribution in [0.1, 0.15) is 16.8 Å². The van der Waals surface area contributed by atoms with Crippen molar-refractivity contribution in [1.82, 2.24) is 14.8 Å². The summed E-state index contributed by atoms with van der Waals surface area (Å²) in [5.41, 5.74) is 5.09. The Kier molecular flexibility index (Phi) is 5.08. The van der Waals surface area contributed by atoms with Crippen LogP contribution >= 0.6 is 0 Å². The summed E-state index contributed by atoms with van der Waals surface area (Å²) < 4.78 is 1.91. The molecule has 0 saturated heterocycles. The molecule has 0 spiro atoms. The maximum atomic E-state index is 9.66. The van der Waals surface area contributed by atoms with Gasteiger partial charge >= 0.3 is 0 Å². The summed E-state index contributed by atoms with van der Waals surface area (Å²) in [6, 6.07) is 28.0. The van der Waals surface area contributed by atoms with E-state index in [1.807, 2.05) is 83.7 Å². The third kappa shape index (κ3) is 3.89. The molecule has 0 bridgehead atoms. The van der Waals surface area contributed by atoms with E-state index in [2.05, 4.69) is 23.2 Å². The number of benzene rings is 2. The smallest absolute Gasteiger partial charge is 0.101 e. The molecule has 28 heavy (non-hydrogen) atoms. The lowest BCUT2D eigenvalue weighted by molar-refractivity contribution is 0.689. The van der Waals surface area contributed by atoms with Crippen LogP contribution in [-0.2, 0) is 6.54 Å².